The molecule has 1 unspecified atom stereocenters. The first-order valence-electron chi connectivity index (χ1n) is 9.17. The monoisotopic (exact) mass is 393 g/mol. The fraction of sp³-hybridized carbons (Fsp3) is 0.208. The fourth-order valence-corrected chi connectivity index (χ4v) is 3.37. The van der Waals surface area contributed by atoms with Crippen LogP contribution in [0.4, 0.5) is 0 Å². The number of carboxylic acids is 1. The van der Waals surface area contributed by atoms with Crippen LogP contribution in [0.25, 0.3) is 10.8 Å². The zero-order chi connectivity index (χ0) is 19.2. The summed E-state index contributed by atoms with van der Waals surface area (Å²) in [5, 5.41) is 15.2. The number of carboxylic acid groups (broad SMARTS) is 1. The lowest BCUT2D eigenvalue weighted by Gasteiger charge is -2.15. The number of aromatic carboxylic acids is 1. The number of benzene rings is 3. The van der Waals surface area contributed by atoms with Gasteiger partial charge in [-0.05, 0) is 47.4 Å². The van der Waals surface area contributed by atoms with Crippen LogP contribution in [0, 0.1) is 11.8 Å². The molecule has 4 heteroatoms. The van der Waals surface area contributed by atoms with Gasteiger partial charge in [-0.15, -0.1) is 12.4 Å². The highest BCUT2D eigenvalue weighted by Gasteiger charge is 2.11. The Balaban J connectivity index is 0.00000280. The summed E-state index contributed by atoms with van der Waals surface area (Å²) in [5.41, 5.74) is 3.16. The van der Waals surface area contributed by atoms with Gasteiger partial charge >= 0.3 is 5.97 Å². The van der Waals surface area contributed by atoms with Gasteiger partial charge in [0, 0.05) is 11.6 Å². The van der Waals surface area contributed by atoms with Crippen molar-refractivity contribution in [1.29, 1.82) is 0 Å². The summed E-state index contributed by atoms with van der Waals surface area (Å²) in [6.45, 7) is 4.62. The zero-order valence-corrected chi connectivity index (χ0v) is 16.8. The highest BCUT2D eigenvalue weighted by atomic mass is 35.5. The molecule has 0 aromatic heterocycles. The summed E-state index contributed by atoms with van der Waals surface area (Å²) in [6, 6.07) is 20.1. The normalized spacial score (nSPS) is 11.2. The van der Waals surface area contributed by atoms with Crippen LogP contribution in [-0.4, -0.2) is 17.6 Å². The van der Waals surface area contributed by atoms with E-state index in [4.69, 9.17) is 0 Å². The Bertz CT molecular complexity index is 1030. The number of halogens is 1. The van der Waals surface area contributed by atoms with Gasteiger partial charge in [0.15, 0.2) is 0 Å². The molecular formula is C24H24ClNO2. The highest BCUT2D eigenvalue weighted by Crippen LogP contribution is 2.23. The molecule has 0 aliphatic heterocycles. The first-order valence-corrected chi connectivity index (χ1v) is 9.17. The fourth-order valence-electron chi connectivity index (χ4n) is 3.37. The van der Waals surface area contributed by atoms with Crippen LogP contribution >= 0.6 is 12.4 Å². The van der Waals surface area contributed by atoms with E-state index in [1.54, 1.807) is 12.1 Å². The van der Waals surface area contributed by atoms with E-state index in [-0.39, 0.29) is 18.4 Å². The Kier molecular flexibility index (Phi) is 7.63. The van der Waals surface area contributed by atoms with Gasteiger partial charge in [0.25, 0.3) is 0 Å². The van der Waals surface area contributed by atoms with Crippen molar-refractivity contribution in [2.24, 2.45) is 0 Å². The quantitative estimate of drug-likeness (QED) is 0.584. The molecule has 0 aliphatic rings. The summed E-state index contributed by atoms with van der Waals surface area (Å²) in [5.74, 6) is 5.36. The second kappa shape index (κ2) is 9.94. The first-order chi connectivity index (χ1) is 13.1. The molecule has 144 valence electrons. The minimum Gasteiger partial charge on any atom is -0.478 e. The first kappa shape index (κ1) is 21.5. The van der Waals surface area contributed by atoms with Gasteiger partial charge in [-0.1, -0.05) is 67.3 Å². The number of fused-ring (bicyclic) bond motifs is 1. The van der Waals surface area contributed by atoms with E-state index < -0.39 is 5.97 Å². The number of carbonyl (C=O) groups is 1. The van der Waals surface area contributed by atoms with Gasteiger partial charge in [-0.2, -0.15) is 0 Å². The SMILES string of the molecule is CCc1c(C#CCNC(C)c2cccc3ccccc23)cccc1C(=O)O.Cl. The molecule has 3 aromatic rings. The number of nitrogens with one attached hydrogen (secondary N) is 1. The molecule has 0 amide bonds. The Hall–Kier alpha value is -2.80. The van der Waals surface area contributed by atoms with Crippen molar-refractivity contribution in [3.63, 3.8) is 0 Å². The van der Waals surface area contributed by atoms with E-state index in [0.29, 0.717) is 18.5 Å². The van der Waals surface area contributed by atoms with Crippen LogP contribution in [0.1, 0.15) is 46.9 Å². The van der Waals surface area contributed by atoms with Gasteiger partial charge < -0.3 is 5.11 Å². The van der Waals surface area contributed by atoms with E-state index in [1.807, 2.05) is 19.1 Å². The molecule has 0 fully saturated rings. The summed E-state index contributed by atoms with van der Waals surface area (Å²) < 4.78 is 0. The molecule has 0 bridgehead atoms. The smallest absolute Gasteiger partial charge is 0.336 e. The van der Waals surface area contributed by atoms with Crippen LogP contribution in [0.15, 0.2) is 60.7 Å². The van der Waals surface area contributed by atoms with Crippen LogP contribution in [0.5, 0.6) is 0 Å². The maximum absolute atomic E-state index is 11.4. The van der Waals surface area contributed by atoms with Crippen LogP contribution in [0.2, 0.25) is 0 Å². The molecule has 2 N–H and O–H groups in total. The summed E-state index contributed by atoms with van der Waals surface area (Å²) in [6.07, 6.45) is 0.645. The minimum atomic E-state index is -0.904. The Morgan fingerprint density at radius 1 is 1.07 bits per heavy atom. The van der Waals surface area contributed by atoms with Crippen molar-refractivity contribution in [2.45, 2.75) is 26.3 Å². The summed E-state index contributed by atoms with van der Waals surface area (Å²) in [7, 11) is 0. The van der Waals surface area contributed by atoms with Crippen molar-refractivity contribution in [2.75, 3.05) is 6.54 Å². The second-order valence-electron chi connectivity index (χ2n) is 6.46. The molecule has 0 aliphatic carbocycles. The topological polar surface area (TPSA) is 49.3 Å². The third-order valence-electron chi connectivity index (χ3n) is 4.77. The molecular weight excluding hydrogens is 370 g/mol. The molecule has 0 radical (unpaired) electrons. The lowest BCUT2D eigenvalue weighted by atomic mass is 9.99. The van der Waals surface area contributed by atoms with Gasteiger partial charge in [0.2, 0.25) is 0 Å². The predicted molar refractivity (Wildman–Crippen MR) is 117 cm³/mol. The van der Waals surface area contributed by atoms with Crippen LogP contribution in [-0.2, 0) is 6.42 Å². The van der Waals surface area contributed by atoms with E-state index in [2.05, 4.69) is 60.5 Å². The van der Waals surface area contributed by atoms with Crippen LogP contribution in [0.3, 0.4) is 0 Å². The molecule has 0 spiro atoms. The Morgan fingerprint density at radius 3 is 2.54 bits per heavy atom. The zero-order valence-electron chi connectivity index (χ0n) is 16.0. The average Bonchev–Trinajstić information content (AvgIpc) is 2.70. The largest absolute Gasteiger partial charge is 0.478 e. The van der Waals surface area contributed by atoms with Crippen molar-refractivity contribution in [1.82, 2.24) is 5.32 Å². The van der Waals surface area contributed by atoms with Crippen molar-refractivity contribution >= 4 is 29.1 Å². The lowest BCUT2D eigenvalue weighted by Crippen LogP contribution is -2.19. The van der Waals surface area contributed by atoms with Crippen LogP contribution < -0.4 is 5.32 Å². The van der Waals surface area contributed by atoms with E-state index in [1.165, 1.54) is 16.3 Å². The summed E-state index contributed by atoms with van der Waals surface area (Å²) in [4.78, 5) is 11.4. The van der Waals surface area contributed by atoms with E-state index in [9.17, 15) is 9.90 Å². The molecule has 3 aromatic carbocycles. The number of hydrogen-bond donors (Lipinski definition) is 2. The Morgan fingerprint density at radius 2 is 1.79 bits per heavy atom. The maximum Gasteiger partial charge on any atom is 0.336 e. The van der Waals surface area contributed by atoms with Crippen molar-refractivity contribution in [3.8, 4) is 11.8 Å². The Labute approximate surface area is 172 Å². The van der Waals surface area contributed by atoms with Crippen molar-refractivity contribution < 1.29 is 9.90 Å². The van der Waals surface area contributed by atoms with E-state index in [0.717, 1.165) is 11.1 Å². The predicted octanol–water partition coefficient (Wildman–Crippen LogP) is 5.22. The number of rotatable bonds is 5. The van der Waals surface area contributed by atoms with Gasteiger partial charge in [-0.25, -0.2) is 4.79 Å². The third-order valence-corrected chi connectivity index (χ3v) is 4.77. The van der Waals surface area contributed by atoms with Crippen molar-refractivity contribution in [3.05, 3.63) is 82.9 Å². The minimum absolute atomic E-state index is 0. The molecule has 0 saturated carbocycles. The van der Waals surface area contributed by atoms with Gasteiger partial charge in [0.1, 0.15) is 0 Å². The van der Waals surface area contributed by atoms with Gasteiger partial charge in [0.05, 0.1) is 12.1 Å². The molecule has 0 saturated heterocycles. The molecule has 28 heavy (non-hydrogen) atoms. The molecule has 3 rings (SSSR count). The third kappa shape index (κ3) is 4.72. The standard InChI is InChI=1S/C24H23NO2.ClH/c1-3-20-18(10-7-15-23(20)24(26)27)12-8-16-25-17(2)21-14-6-11-19-9-4-5-13-22(19)21;/h4-7,9-11,13-15,17,25H,3,16H2,1-2H3,(H,26,27);1H. The highest BCUT2D eigenvalue weighted by molar-refractivity contribution is 5.90. The average molecular weight is 394 g/mol. The van der Waals surface area contributed by atoms with E-state index >= 15 is 0 Å². The molecule has 1 atom stereocenters. The molecule has 0 heterocycles. The second-order valence-corrected chi connectivity index (χ2v) is 6.46. The lowest BCUT2D eigenvalue weighted by molar-refractivity contribution is 0.0695. The number of hydrogen-bond acceptors (Lipinski definition) is 2. The van der Waals surface area contributed by atoms with Gasteiger partial charge in [-0.3, -0.25) is 5.32 Å². The summed E-state index contributed by atoms with van der Waals surface area (Å²) >= 11 is 0. The molecule has 3 nitrogen and oxygen atoms in total. The maximum atomic E-state index is 11.4.